The predicted octanol–water partition coefficient (Wildman–Crippen LogP) is 2.35. The summed E-state index contributed by atoms with van der Waals surface area (Å²) in [6, 6.07) is 6.73. The van der Waals surface area contributed by atoms with Crippen LogP contribution in [0.2, 0.25) is 0 Å². The van der Waals surface area contributed by atoms with E-state index in [-0.39, 0.29) is 0 Å². The Hall–Kier alpha value is -2.30. The zero-order chi connectivity index (χ0) is 12.8. The number of aryl methyl sites for hydroxylation is 1. The van der Waals surface area contributed by atoms with Crippen molar-refractivity contribution in [2.75, 3.05) is 11.4 Å². The number of nitrogens with zero attached hydrogens (tertiary/aromatic N) is 4. The summed E-state index contributed by atoms with van der Waals surface area (Å²) < 4.78 is 8.08. The molecule has 4 rings (SSSR count). The van der Waals surface area contributed by atoms with Crippen molar-refractivity contribution in [1.82, 2.24) is 14.5 Å². The van der Waals surface area contributed by atoms with Crippen molar-refractivity contribution >= 4 is 17.1 Å². The van der Waals surface area contributed by atoms with Crippen LogP contribution < -0.4 is 4.90 Å². The van der Waals surface area contributed by atoms with Crippen LogP contribution in [0.15, 0.2) is 35.0 Å². The molecule has 1 aromatic carbocycles. The summed E-state index contributed by atoms with van der Waals surface area (Å²) >= 11 is 0. The van der Waals surface area contributed by atoms with E-state index in [1.165, 1.54) is 0 Å². The fraction of sp³-hybridized carbons (Fsp3) is 0.286. The predicted molar refractivity (Wildman–Crippen MR) is 72.0 cm³/mol. The van der Waals surface area contributed by atoms with E-state index in [4.69, 9.17) is 4.42 Å². The Kier molecular flexibility index (Phi) is 2.15. The standard InChI is InChI=1S/C14H14N4O/c1-10-3-2-4-11-13(10)19-14(16-11)18-8-7-17-6-5-15-12(17)9-18/h2-6H,7-9H2,1H3. The molecule has 96 valence electrons. The van der Waals surface area contributed by atoms with Gasteiger partial charge in [0, 0.05) is 25.5 Å². The van der Waals surface area contributed by atoms with E-state index >= 15 is 0 Å². The number of para-hydroxylation sites is 1. The highest BCUT2D eigenvalue weighted by molar-refractivity contribution is 5.77. The lowest BCUT2D eigenvalue weighted by molar-refractivity contribution is 0.499. The average molecular weight is 254 g/mol. The van der Waals surface area contributed by atoms with Crippen LogP contribution >= 0.6 is 0 Å². The molecule has 3 aromatic rings. The lowest BCUT2D eigenvalue weighted by Gasteiger charge is -2.25. The van der Waals surface area contributed by atoms with Gasteiger partial charge < -0.3 is 13.9 Å². The maximum Gasteiger partial charge on any atom is 0.298 e. The van der Waals surface area contributed by atoms with E-state index < -0.39 is 0 Å². The van der Waals surface area contributed by atoms with Crippen LogP contribution in [0.3, 0.4) is 0 Å². The summed E-state index contributed by atoms with van der Waals surface area (Å²) in [4.78, 5) is 11.1. The molecule has 3 heterocycles. The number of oxazole rings is 1. The molecule has 0 saturated carbocycles. The van der Waals surface area contributed by atoms with Crippen molar-refractivity contribution in [3.63, 3.8) is 0 Å². The lowest BCUT2D eigenvalue weighted by atomic mass is 10.2. The van der Waals surface area contributed by atoms with Crippen LogP contribution in [-0.2, 0) is 13.1 Å². The Bertz CT molecular complexity index is 743. The first-order chi connectivity index (χ1) is 9.31. The quantitative estimate of drug-likeness (QED) is 0.668. The summed E-state index contributed by atoms with van der Waals surface area (Å²) in [6.45, 7) is 4.61. The molecular weight excluding hydrogens is 240 g/mol. The minimum Gasteiger partial charge on any atom is -0.423 e. The van der Waals surface area contributed by atoms with Gasteiger partial charge in [-0.05, 0) is 18.6 Å². The van der Waals surface area contributed by atoms with Gasteiger partial charge in [0.25, 0.3) is 6.01 Å². The molecule has 0 bridgehead atoms. The third-order valence-corrected chi connectivity index (χ3v) is 3.62. The second-order valence-electron chi connectivity index (χ2n) is 4.88. The lowest BCUT2D eigenvalue weighted by Crippen LogP contribution is -2.33. The van der Waals surface area contributed by atoms with E-state index in [1.54, 1.807) is 0 Å². The van der Waals surface area contributed by atoms with Crippen LogP contribution in [0.1, 0.15) is 11.4 Å². The Labute approximate surface area is 110 Å². The highest BCUT2D eigenvalue weighted by atomic mass is 16.4. The molecule has 5 nitrogen and oxygen atoms in total. The monoisotopic (exact) mass is 254 g/mol. The van der Waals surface area contributed by atoms with Gasteiger partial charge in [0.1, 0.15) is 11.3 Å². The SMILES string of the molecule is Cc1cccc2nc(N3CCn4ccnc4C3)oc12. The fourth-order valence-corrected chi connectivity index (χ4v) is 2.55. The van der Waals surface area contributed by atoms with Crippen molar-refractivity contribution in [3.8, 4) is 0 Å². The molecule has 0 amide bonds. The summed E-state index contributed by atoms with van der Waals surface area (Å²) in [5.41, 5.74) is 2.92. The number of benzene rings is 1. The number of aromatic nitrogens is 3. The van der Waals surface area contributed by atoms with Crippen LogP contribution in [0.4, 0.5) is 6.01 Å². The van der Waals surface area contributed by atoms with Gasteiger partial charge in [0.2, 0.25) is 0 Å². The van der Waals surface area contributed by atoms with Crippen molar-refractivity contribution < 1.29 is 4.42 Å². The molecule has 0 atom stereocenters. The highest BCUT2D eigenvalue weighted by Gasteiger charge is 2.21. The van der Waals surface area contributed by atoms with E-state index in [9.17, 15) is 0 Å². The van der Waals surface area contributed by atoms with Gasteiger partial charge in [-0.15, -0.1) is 0 Å². The second kappa shape index (κ2) is 3.85. The Morgan fingerprint density at radius 1 is 1.26 bits per heavy atom. The van der Waals surface area contributed by atoms with Gasteiger partial charge in [-0.1, -0.05) is 12.1 Å². The summed E-state index contributed by atoms with van der Waals surface area (Å²) in [7, 11) is 0. The molecule has 0 N–H and O–H groups in total. The number of rotatable bonds is 1. The zero-order valence-corrected chi connectivity index (χ0v) is 10.7. The highest BCUT2D eigenvalue weighted by Crippen LogP contribution is 2.26. The minimum atomic E-state index is 0.693. The average Bonchev–Trinajstić information content (AvgIpc) is 3.04. The van der Waals surface area contributed by atoms with Crippen molar-refractivity contribution in [3.05, 3.63) is 42.0 Å². The van der Waals surface area contributed by atoms with Crippen LogP contribution in [-0.4, -0.2) is 21.1 Å². The van der Waals surface area contributed by atoms with Gasteiger partial charge >= 0.3 is 0 Å². The molecule has 1 aliphatic rings. The first-order valence-corrected chi connectivity index (χ1v) is 6.42. The van der Waals surface area contributed by atoms with Crippen molar-refractivity contribution in [2.45, 2.75) is 20.0 Å². The Morgan fingerprint density at radius 2 is 2.21 bits per heavy atom. The molecule has 0 radical (unpaired) electrons. The number of imidazole rings is 1. The maximum atomic E-state index is 5.91. The van der Waals surface area contributed by atoms with Crippen LogP contribution in [0.25, 0.3) is 11.1 Å². The number of anilines is 1. The smallest absolute Gasteiger partial charge is 0.298 e. The van der Waals surface area contributed by atoms with Crippen molar-refractivity contribution in [1.29, 1.82) is 0 Å². The fourth-order valence-electron chi connectivity index (χ4n) is 2.55. The molecular formula is C14H14N4O. The van der Waals surface area contributed by atoms with Gasteiger partial charge in [-0.2, -0.15) is 4.98 Å². The van der Waals surface area contributed by atoms with Gasteiger partial charge in [-0.3, -0.25) is 0 Å². The number of hydrogen-bond donors (Lipinski definition) is 0. The first kappa shape index (κ1) is 10.6. The summed E-state index contributed by atoms with van der Waals surface area (Å²) in [6.07, 6.45) is 3.86. The Morgan fingerprint density at radius 3 is 3.11 bits per heavy atom. The molecule has 19 heavy (non-hydrogen) atoms. The number of hydrogen-bond acceptors (Lipinski definition) is 4. The molecule has 0 fully saturated rings. The Balaban J connectivity index is 1.74. The van der Waals surface area contributed by atoms with Crippen LogP contribution in [0.5, 0.6) is 0 Å². The maximum absolute atomic E-state index is 5.91. The van der Waals surface area contributed by atoms with E-state index in [1.807, 2.05) is 37.5 Å². The normalized spacial score (nSPS) is 14.9. The topological polar surface area (TPSA) is 47.1 Å². The molecule has 1 aliphatic heterocycles. The second-order valence-corrected chi connectivity index (χ2v) is 4.88. The largest absolute Gasteiger partial charge is 0.423 e. The number of fused-ring (bicyclic) bond motifs is 2. The summed E-state index contributed by atoms with van der Waals surface area (Å²) in [5, 5.41) is 0. The molecule has 0 aliphatic carbocycles. The van der Waals surface area contributed by atoms with Gasteiger partial charge in [-0.25, -0.2) is 4.98 Å². The van der Waals surface area contributed by atoms with Gasteiger partial charge in [0.05, 0.1) is 6.54 Å². The third-order valence-electron chi connectivity index (χ3n) is 3.62. The molecule has 0 saturated heterocycles. The molecule has 2 aromatic heterocycles. The third kappa shape index (κ3) is 1.62. The zero-order valence-electron chi connectivity index (χ0n) is 10.7. The molecule has 0 unspecified atom stereocenters. The summed E-state index contributed by atoms with van der Waals surface area (Å²) in [5.74, 6) is 1.06. The van der Waals surface area contributed by atoms with Crippen molar-refractivity contribution in [2.24, 2.45) is 0 Å². The first-order valence-electron chi connectivity index (χ1n) is 6.42. The molecule has 0 spiro atoms. The minimum absolute atomic E-state index is 0.693. The van der Waals surface area contributed by atoms with E-state index in [0.29, 0.717) is 6.01 Å². The molecule has 5 heteroatoms. The van der Waals surface area contributed by atoms with Crippen LogP contribution in [0, 0.1) is 6.92 Å². The van der Waals surface area contributed by atoms with E-state index in [2.05, 4.69) is 19.4 Å². The van der Waals surface area contributed by atoms with Gasteiger partial charge in [0.15, 0.2) is 5.58 Å². The van der Waals surface area contributed by atoms with E-state index in [0.717, 1.165) is 42.1 Å².